The van der Waals surface area contributed by atoms with Gasteiger partial charge in [0.2, 0.25) is 5.91 Å². The van der Waals surface area contributed by atoms with Crippen LogP contribution in [0.2, 0.25) is 0 Å². The molecule has 0 aromatic carbocycles. The van der Waals surface area contributed by atoms with Crippen LogP contribution >= 0.6 is 0 Å². The third-order valence-electron chi connectivity index (χ3n) is 2.10. The van der Waals surface area contributed by atoms with Gasteiger partial charge in [0.1, 0.15) is 0 Å². The monoisotopic (exact) mass is 255 g/mol. The van der Waals surface area contributed by atoms with Crippen LogP contribution in [-0.4, -0.2) is 41.7 Å². The van der Waals surface area contributed by atoms with E-state index in [2.05, 4.69) is 10.3 Å². The molecule has 8 heteroatoms. The minimum absolute atomic E-state index is 0.0898. The molecule has 1 heterocycles. The van der Waals surface area contributed by atoms with Gasteiger partial charge in [-0.05, 0) is 0 Å². The molecular formula is C10H13N3O5. The van der Waals surface area contributed by atoms with E-state index >= 15 is 0 Å². The van der Waals surface area contributed by atoms with Gasteiger partial charge in [-0.2, -0.15) is 5.48 Å². The molecule has 0 aromatic rings. The number of amides is 3. The van der Waals surface area contributed by atoms with Crippen molar-refractivity contribution in [3.8, 4) is 0 Å². The Labute approximate surface area is 103 Å². The standard InChI is InChI=1S/C10H13N3O5/c11-7(14)1-4-10(17)18-12-5-6-13-8(15)2-3-9(13)16/h2-3,12H,1,4-6H2,(H2,11,14). The van der Waals surface area contributed by atoms with Crippen molar-refractivity contribution in [2.24, 2.45) is 5.73 Å². The van der Waals surface area contributed by atoms with E-state index in [9.17, 15) is 19.2 Å². The van der Waals surface area contributed by atoms with E-state index in [-0.39, 0.29) is 25.9 Å². The van der Waals surface area contributed by atoms with E-state index in [1.807, 2.05) is 0 Å². The van der Waals surface area contributed by atoms with Crippen molar-refractivity contribution >= 4 is 23.7 Å². The molecule has 1 rings (SSSR count). The highest BCUT2D eigenvalue weighted by Crippen LogP contribution is 2.01. The molecule has 98 valence electrons. The number of primary amides is 1. The van der Waals surface area contributed by atoms with Gasteiger partial charge in [0.05, 0.1) is 13.0 Å². The van der Waals surface area contributed by atoms with Gasteiger partial charge in [-0.15, -0.1) is 0 Å². The molecule has 0 bridgehead atoms. The second kappa shape index (κ2) is 6.50. The Morgan fingerprint density at radius 3 is 2.39 bits per heavy atom. The Kier molecular flexibility index (Phi) is 5.00. The fourth-order valence-corrected chi connectivity index (χ4v) is 1.22. The number of carbonyl (C=O) groups excluding carboxylic acids is 4. The van der Waals surface area contributed by atoms with Crippen molar-refractivity contribution in [1.82, 2.24) is 10.4 Å². The van der Waals surface area contributed by atoms with Crippen LogP contribution in [-0.2, 0) is 24.0 Å². The third-order valence-corrected chi connectivity index (χ3v) is 2.10. The zero-order chi connectivity index (χ0) is 13.5. The van der Waals surface area contributed by atoms with Gasteiger partial charge in [0, 0.05) is 25.1 Å². The van der Waals surface area contributed by atoms with E-state index < -0.39 is 23.7 Å². The first kappa shape index (κ1) is 13.8. The van der Waals surface area contributed by atoms with Crippen LogP contribution < -0.4 is 11.2 Å². The lowest BCUT2D eigenvalue weighted by Crippen LogP contribution is -2.37. The second-order valence-corrected chi connectivity index (χ2v) is 3.50. The van der Waals surface area contributed by atoms with Gasteiger partial charge >= 0.3 is 5.97 Å². The number of nitrogens with zero attached hydrogens (tertiary/aromatic N) is 1. The van der Waals surface area contributed by atoms with Crippen LogP contribution in [0, 0.1) is 0 Å². The highest BCUT2D eigenvalue weighted by Gasteiger charge is 2.22. The number of rotatable bonds is 7. The van der Waals surface area contributed by atoms with E-state index in [1.165, 1.54) is 12.2 Å². The van der Waals surface area contributed by atoms with Crippen LogP contribution in [0.15, 0.2) is 12.2 Å². The fourth-order valence-electron chi connectivity index (χ4n) is 1.22. The smallest absolute Gasteiger partial charge is 0.325 e. The molecule has 0 atom stereocenters. The average Bonchev–Trinajstić information content (AvgIpc) is 2.63. The number of nitrogens with two attached hydrogens (primary N) is 1. The molecule has 1 aliphatic rings. The predicted octanol–water partition coefficient (Wildman–Crippen LogP) is -1.78. The first-order chi connectivity index (χ1) is 8.50. The summed E-state index contributed by atoms with van der Waals surface area (Å²) in [6, 6.07) is 0. The van der Waals surface area contributed by atoms with Crippen LogP contribution in [0.5, 0.6) is 0 Å². The molecule has 0 unspecified atom stereocenters. The van der Waals surface area contributed by atoms with Gasteiger partial charge in [-0.25, -0.2) is 0 Å². The van der Waals surface area contributed by atoms with Crippen molar-refractivity contribution < 1.29 is 24.0 Å². The maximum absolute atomic E-state index is 11.1. The summed E-state index contributed by atoms with van der Waals surface area (Å²) in [6.45, 7) is 0.204. The van der Waals surface area contributed by atoms with Gasteiger partial charge in [-0.3, -0.25) is 24.1 Å². The van der Waals surface area contributed by atoms with E-state index in [0.29, 0.717) is 0 Å². The first-order valence-electron chi connectivity index (χ1n) is 5.25. The Hall–Kier alpha value is -2.22. The first-order valence-corrected chi connectivity index (χ1v) is 5.25. The van der Waals surface area contributed by atoms with E-state index in [4.69, 9.17) is 5.73 Å². The number of hydrogen-bond donors (Lipinski definition) is 2. The van der Waals surface area contributed by atoms with Crippen molar-refractivity contribution in [2.45, 2.75) is 12.8 Å². The molecule has 8 nitrogen and oxygen atoms in total. The summed E-state index contributed by atoms with van der Waals surface area (Å²) >= 11 is 0. The molecule has 0 spiro atoms. The van der Waals surface area contributed by atoms with Crippen LogP contribution in [0.25, 0.3) is 0 Å². The molecule has 3 amide bonds. The summed E-state index contributed by atoms with van der Waals surface area (Å²) in [7, 11) is 0. The van der Waals surface area contributed by atoms with E-state index in [0.717, 1.165) is 4.90 Å². The normalized spacial score (nSPS) is 14.1. The minimum atomic E-state index is -0.633. The Morgan fingerprint density at radius 2 is 1.83 bits per heavy atom. The summed E-state index contributed by atoms with van der Waals surface area (Å²) in [4.78, 5) is 49.2. The number of carbonyl (C=O) groups is 4. The topological polar surface area (TPSA) is 119 Å². The van der Waals surface area contributed by atoms with Crippen molar-refractivity contribution in [1.29, 1.82) is 0 Å². The molecule has 0 fully saturated rings. The molecule has 0 saturated heterocycles. The molecule has 3 N–H and O–H groups in total. The number of imide groups is 1. The quantitative estimate of drug-likeness (QED) is 0.315. The second-order valence-electron chi connectivity index (χ2n) is 3.50. The van der Waals surface area contributed by atoms with Crippen molar-refractivity contribution in [2.75, 3.05) is 13.1 Å². The maximum Gasteiger partial charge on any atom is 0.325 e. The van der Waals surface area contributed by atoms with Crippen LogP contribution in [0.3, 0.4) is 0 Å². The summed E-state index contributed by atoms with van der Waals surface area (Å²) < 4.78 is 0. The Bertz CT molecular complexity index is 386. The summed E-state index contributed by atoms with van der Waals surface area (Å²) in [6.07, 6.45) is 2.13. The van der Waals surface area contributed by atoms with Crippen LogP contribution in [0.4, 0.5) is 0 Å². The number of hydroxylamine groups is 1. The van der Waals surface area contributed by atoms with Crippen molar-refractivity contribution in [3.05, 3.63) is 12.2 Å². The highest BCUT2D eigenvalue weighted by atomic mass is 16.7. The summed E-state index contributed by atoms with van der Waals surface area (Å²) in [5.74, 6) is -2.03. The molecule has 0 saturated carbocycles. The lowest BCUT2D eigenvalue weighted by atomic mass is 10.3. The fraction of sp³-hybridized carbons (Fsp3) is 0.400. The van der Waals surface area contributed by atoms with Gasteiger partial charge < -0.3 is 10.6 Å². The average molecular weight is 255 g/mol. The third kappa shape index (κ3) is 4.34. The summed E-state index contributed by atoms with van der Waals surface area (Å²) in [5, 5.41) is 0. The molecule has 0 radical (unpaired) electrons. The zero-order valence-electron chi connectivity index (χ0n) is 9.55. The summed E-state index contributed by atoms with van der Waals surface area (Å²) in [5.41, 5.74) is 7.15. The lowest BCUT2D eigenvalue weighted by Gasteiger charge is -2.13. The molecule has 0 aromatic heterocycles. The predicted molar refractivity (Wildman–Crippen MR) is 58.4 cm³/mol. The Morgan fingerprint density at radius 1 is 1.22 bits per heavy atom. The van der Waals surface area contributed by atoms with Gasteiger partial charge in [0.15, 0.2) is 0 Å². The SMILES string of the molecule is NC(=O)CCC(=O)ONCCN1C(=O)C=CC1=O. The molecule has 18 heavy (non-hydrogen) atoms. The molecular weight excluding hydrogens is 242 g/mol. The minimum Gasteiger partial charge on any atom is -0.371 e. The number of hydrogen-bond acceptors (Lipinski definition) is 6. The maximum atomic E-state index is 11.1. The van der Waals surface area contributed by atoms with E-state index in [1.54, 1.807) is 0 Å². The zero-order valence-corrected chi connectivity index (χ0v) is 9.55. The largest absolute Gasteiger partial charge is 0.371 e. The van der Waals surface area contributed by atoms with Gasteiger partial charge in [-0.1, -0.05) is 0 Å². The van der Waals surface area contributed by atoms with Crippen LogP contribution in [0.1, 0.15) is 12.8 Å². The number of nitrogens with one attached hydrogen (secondary N) is 1. The Balaban J connectivity index is 2.12. The van der Waals surface area contributed by atoms with Gasteiger partial charge in [0.25, 0.3) is 11.8 Å². The molecule has 0 aliphatic carbocycles. The van der Waals surface area contributed by atoms with Crippen molar-refractivity contribution in [3.63, 3.8) is 0 Å². The molecule has 1 aliphatic heterocycles. The lowest BCUT2D eigenvalue weighted by molar-refractivity contribution is -0.152. The highest BCUT2D eigenvalue weighted by molar-refractivity contribution is 6.12.